The maximum atomic E-state index is 5.36. The third kappa shape index (κ3) is 6.40. The molecule has 0 aromatic carbocycles. The Bertz CT molecular complexity index is 473. The summed E-state index contributed by atoms with van der Waals surface area (Å²) in [6.07, 6.45) is 4.19. The Labute approximate surface area is 148 Å². The van der Waals surface area contributed by atoms with Crippen LogP contribution < -0.4 is 5.32 Å². The minimum atomic E-state index is -0.423. The number of aryl methyl sites for hydroxylation is 1. The highest BCUT2D eigenvalue weighted by Gasteiger charge is 2.17. The number of rotatable bonds is 11. The van der Waals surface area contributed by atoms with E-state index in [-0.39, 0.29) is 0 Å². The van der Waals surface area contributed by atoms with Gasteiger partial charge in [0.1, 0.15) is 5.82 Å². The second-order valence-corrected chi connectivity index (χ2v) is 7.18. The summed E-state index contributed by atoms with van der Waals surface area (Å²) in [5.74, 6) is 2.27. The third-order valence-electron chi connectivity index (χ3n) is 4.62. The number of hydrogen-bond acceptors (Lipinski definition) is 4. The standard InChI is InChI=1S/C20H36N2O2/c1-8-9-15(4)16(5)21-19-17(11-10-14(2)3)12-13-18(22-19)20(23-6)24-7/h12-16,20H,8-11H2,1-7H3,(H,21,22). The lowest BCUT2D eigenvalue weighted by Gasteiger charge is -2.24. The van der Waals surface area contributed by atoms with Gasteiger partial charge in [-0.15, -0.1) is 0 Å². The van der Waals surface area contributed by atoms with Crippen molar-refractivity contribution >= 4 is 5.82 Å². The molecule has 0 saturated heterocycles. The molecular formula is C20H36N2O2. The zero-order valence-electron chi connectivity index (χ0n) is 16.6. The molecule has 138 valence electrons. The van der Waals surface area contributed by atoms with E-state index >= 15 is 0 Å². The van der Waals surface area contributed by atoms with Crippen LogP contribution >= 0.6 is 0 Å². The molecule has 4 nitrogen and oxygen atoms in total. The van der Waals surface area contributed by atoms with Crippen LogP contribution in [0.2, 0.25) is 0 Å². The lowest BCUT2D eigenvalue weighted by atomic mass is 9.97. The van der Waals surface area contributed by atoms with E-state index < -0.39 is 6.29 Å². The number of ether oxygens (including phenoxy) is 2. The fraction of sp³-hybridized carbons (Fsp3) is 0.750. The first-order valence-electron chi connectivity index (χ1n) is 9.24. The molecule has 2 unspecified atom stereocenters. The average molecular weight is 337 g/mol. The third-order valence-corrected chi connectivity index (χ3v) is 4.62. The van der Waals surface area contributed by atoms with Gasteiger partial charge in [-0.1, -0.05) is 40.2 Å². The summed E-state index contributed by atoms with van der Waals surface area (Å²) in [6, 6.07) is 4.56. The fourth-order valence-corrected chi connectivity index (χ4v) is 2.81. The van der Waals surface area contributed by atoms with E-state index in [0.717, 1.165) is 24.4 Å². The minimum absolute atomic E-state index is 0.383. The van der Waals surface area contributed by atoms with Gasteiger partial charge in [0.15, 0.2) is 0 Å². The molecule has 1 rings (SSSR count). The topological polar surface area (TPSA) is 43.4 Å². The first-order chi connectivity index (χ1) is 11.4. The molecule has 0 bridgehead atoms. The summed E-state index contributed by atoms with van der Waals surface area (Å²) >= 11 is 0. The van der Waals surface area contributed by atoms with Gasteiger partial charge in [-0.05, 0) is 49.7 Å². The van der Waals surface area contributed by atoms with E-state index in [1.54, 1.807) is 14.2 Å². The van der Waals surface area contributed by atoms with Gasteiger partial charge >= 0.3 is 0 Å². The van der Waals surface area contributed by atoms with Gasteiger partial charge in [0.2, 0.25) is 6.29 Å². The largest absolute Gasteiger partial charge is 0.367 e. The predicted molar refractivity (Wildman–Crippen MR) is 101 cm³/mol. The van der Waals surface area contributed by atoms with Crippen LogP contribution in [0.3, 0.4) is 0 Å². The van der Waals surface area contributed by atoms with Crippen molar-refractivity contribution in [3.05, 3.63) is 23.4 Å². The van der Waals surface area contributed by atoms with Crippen LogP contribution in [0.25, 0.3) is 0 Å². The van der Waals surface area contributed by atoms with Crippen LogP contribution in [0.4, 0.5) is 5.82 Å². The van der Waals surface area contributed by atoms with E-state index in [9.17, 15) is 0 Å². The van der Waals surface area contributed by atoms with E-state index in [1.165, 1.54) is 18.4 Å². The molecule has 2 atom stereocenters. The van der Waals surface area contributed by atoms with Crippen molar-refractivity contribution in [3.8, 4) is 0 Å². The quantitative estimate of drug-likeness (QED) is 0.564. The van der Waals surface area contributed by atoms with E-state index in [0.29, 0.717) is 17.9 Å². The molecule has 0 aliphatic heterocycles. The second kappa shape index (κ2) is 10.7. The summed E-state index contributed by atoms with van der Waals surface area (Å²) in [5.41, 5.74) is 2.08. The SMILES string of the molecule is CCCC(C)C(C)Nc1nc(C(OC)OC)ccc1CCC(C)C. The van der Waals surface area contributed by atoms with E-state index in [4.69, 9.17) is 14.5 Å². The van der Waals surface area contributed by atoms with Gasteiger partial charge in [0.25, 0.3) is 0 Å². The molecule has 4 heteroatoms. The lowest BCUT2D eigenvalue weighted by molar-refractivity contribution is -0.108. The normalized spacial score (nSPS) is 14.2. The number of aromatic nitrogens is 1. The van der Waals surface area contributed by atoms with Crippen LogP contribution in [0.1, 0.15) is 71.4 Å². The molecule has 1 aromatic rings. The minimum Gasteiger partial charge on any atom is -0.367 e. The van der Waals surface area contributed by atoms with Crippen LogP contribution in [-0.4, -0.2) is 25.2 Å². The first-order valence-corrected chi connectivity index (χ1v) is 9.24. The molecule has 0 spiro atoms. The van der Waals surface area contributed by atoms with Gasteiger partial charge in [-0.25, -0.2) is 4.98 Å². The van der Waals surface area contributed by atoms with Crippen LogP contribution in [0, 0.1) is 11.8 Å². The maximum Gasteiger partial charge on any atom is 0.200 e. The van der Waals surface area contributed by atoms with Crippen molar-refractivity contribution in [2.45, 2.75) is 72.6 Å². The van der Waals surface area contributed by atoms with Crippen molar-refractivity contribution in [3.63, 3.8) is 0 Å². The van der Waals surface area contributed by atoms with Gasteiger partial charge in [0.05, 0.1) is 5.69 Å². The van der Waals surface area contributed by atoms with Crippen LogP contribution in [0.15, 0.2) is 12.1 Å². The molecule has 1 N–H and O–H groups in total. The van der Waals surface area contributed by atoms with Crippen molar-refractivity contribution in [2.75, 3.05) is 19.5 Å². The molecule has 0 amide bonds. The zero-order valence-corrected chi connectivity index (χ0v) is 16.6. The van der Waals surface area contributed by atoms with Crippen molar-refractivity contribution in [2.24, 2.45) is 11.8 Å². The van der Waals surface area contributed by atoms with Crippen molar-refractivity contribution in [1.29, 1.82) is 0 Å². The Morgan fingerprint density at radius 1 is 1.04 bits per heavy atom. The molecule has 0 saturated carbocycles. The van der Waals surface area contributed by atoms with Crippen molar-refractivity contribution < 1.29 is 9.47 Å². The average Bonchev–Trinajstić information content (AvgIpc) is 2.55. The smallest absolute Gasteiger partial charge is 0.200 e. The Hall–Kier alpha value is -1.13. The molecule has 0 fully saturated rings. The first kappa shape index (κ1) is 20.9. The Balaban J connectivity index is 3.02. The zero-order chi connectivity index (χ0) is 18.1. The fourth-order valence-electron chi connectivity index (χ4n) is 2.81. The molecule has 0 aliphatic rings. The van der Waals surface area contributed by atoms with Crippen LogP contribution in [-0.2, 0) is 15.9 Å². The van der Waals surface area contributed by atoms with Gasteiger partial charge in [-0.3, -0.25) is 0 Å². The van der Waals surface area contributed by atoms with Gasteiger partial charge in [-0.2, -0.15) is 0 Å². The Morgan fingerprint density at radius 2 is 1.71 bits per heavy atom. The molecule has 1 aromatic heterocycles. The number of pyridine rings is 1. The van der Waals surface area contributed by atoms with Gasteiger partial charge in [0, 0.05) is 20.3 Å². The van der Waals surface area contributed by atoms with Gasteiger partial charge < -0.3 is 14.8 Å². The summed E-state index contributed by atoms with van der Waals surface area (Å²) in [7, 11) is 3.28. The monoisotopic (exact) mass is 336 g/mol. The predicted octanol–water partition coefficient (Wildman–Crippen LogP) is 5.20. The maximum absolute atomic E-state index is 5.36. The summed E-state index contributed by atoms with van der Waals surface area (Å²) in [6.45, 7) is 11.3. The van der Waals surface area contributed by atoms with Crippen LogP contribution in [0.5, 0.6) is 0 Å². The number of nitrogens with one attached hydrogen (secondary N) is 1. The highest BCUT2D eigenvalue weighted by Crippen LogP contribution is 2.24. The Kier molecular flexibility index (Phi) is 9.30. The number of anilines is 1. The highest BCUT2D eigenvalue weighted by atomic mass is 16.7. The lowest BCUT2D eigenvalue weighted by Crippen LogP contribution is -2.25. The number of hydrogen-bond donors (Lipinski definition) is 1. The number of methoxy groups -OCH3 is 2. The summed E-state index contributed by atoms with van der Waals surface area (Å²) in [5, 5.41) is 3.64. The Morgan fingerprint density at radius 3 is 2.25 bits per heavy atom. The van der Waals surface area contributed by atoms with E-state index in [2.05, 4.69) is 46.0 Å². The highest BCUT2D eigenvalue weighted by molar-refractivity contribution is 5.46. The van der Waals surface area contributed by atoms with Crippen molar-refractivity contribution in [1.82, 2.24) is 4.98 Å². The summed E-state index contributed by atoms with van der Waals surface area (Å²) < 4.78 is 10.7. The molecule has 0 aliphatic carbocycles. The molecule has 0 radical (unpaired) electrons. The molecule has 24 heavy (non-hydrogen) atoms. The molecular weight excluding hydrogens is 300 g/mol. The van der Waals surface area contributed by atoms with E-state index in [1.807, 2.05) is 6.07 Å². The number of nitrogens with zero attached hydrogens (tertiary/aromatic N) is 1. The molecule has 1 heterocycles. The summed E-state index contributed by atoms with van der Waals surface area (Å²) in [4.78, 5) is 4.81. The second-order valence-electron chi connectivity index (χ2n) is 7.18.